The van der Waals surface area contributed by atoms with Gasteiger partial charge < -0.3 is 20.5 Å². The van der Waals surface area contributed by atoms with Crippen LogP contribution in [0, 0.1) is 11.8 Å². The van der Waals surface area contributed by atoms with Crippen molar-refractivity contribution in [3.8, 4) is 0 Å². The standard InChI is InChI=1S/C13H24N2O3/c14-13(17)12(16)11-3-5-15(6-4-11)7-8-18-9-10-1-2-10/h10-12,16H,1-9H2,(H2,14,17)/t12-/m0/s1. The first-order valence-corrected chi connectivity index (χ1v) is 6.94. The SMILES string of the molecule is NC(=O)[C@@H](O)C1CCN(CCOCC2CC2)CC1. The summed E-state index contributed by atoms with van der Waals surface area (Å²) in [7, 11) is 0. The molecule has 2 aliphatic rings. The molecule has 0 bridgehead atoms. The number of hydrogen-bond acceptors (Lipinski definition) is 4. The number of amides is 1. The zero-order chi connectivity index (χ0) is 13.0. The van der Waals surface area contributed by atoms with Gasteiger partial charge in [-0.05, 0) is 50.6 Å². The quantitative estimate of drug-likeness (QED) is 0.627. The number of likely N-dealkylation sites (tertiary alicyclic amines) is 1. The van der Waals surface area contributed by atoms with Crippen molar-refractivity contribution in [3.05, 3.63) is 0 Å². The normalized spacial score (nSPS) is 24.1. The van der Waals surface area contributed by atoms with Crippen LogP contribution in [0.2, 0.25) is 0 Å². The minimum Gasteiger partial charge on any atom is -0.383 e. The number of carbonyl (C=O) groups is 1. The van der Waals surface area contributed by atoms with Crippen LogP contribution in [0.5, 0.6) is 0 Å². The minimum atomic E-state index is -0.974. The Kier molecular flexibility index (Phi) is 4.97. The van der Waals surface area contributed by atoms with Crippen molar-refractivity contribution >= 4 is 5.91 Å². The number of rotatable bonds is 7. The lowest BCUT2D eigenvalue weighted by molar-refractivity contribution is -0.129. The van der Waals surface area contributed by atoms with Gasteiger partial charge in [-0.1, -0.05) is 0 Å². The Morgan fingerprint density at radius 1 is 1.33 bits per heavy atom. The van der Waals surface area contributed by atoms with Gasteiger partial charge in [0, 0.05) is 13.2 Å². The smallest absolute Gasteiger partial charge is 0.246 e. The predicted octanol–water partition coefficient (Wildman–Crippen LogP) is -0.0288. The van der Waals surface area contributed by atoms with Crippen molar-refractivity contribution in [1.82, 2.24) is 4.90 Å². The number of aliphatic hydroxyl groups excluding tert-OH is 1. The fourth-order valence-electron chi connectivity index (χ4n) is 2.45. The number of hydrogen-bond donors (Lipinski definition) is 2. The third kappa shape index (κ3) is 4.23. The van der Waals surface area contributed by atoms with E-state index in [1.807, 2.05) is 0 Å². The van der Waals surface area contributed by atoms with Gasteiger partial charge in [-0.2, -0.15) is 0 Å². The van der Waals surface area contributed by atoms with Crippen molar-refractivity contribution in [2.24, 2.45) is 17.6 Å². The molecule has 0 unspecified atom stereocenters. The molecule has 2 fully saturated rings. The Morgan fingerprint density at radius 3 is 2.56 bits per heavy atom. The lowest BCUT2D eigenvalue weighted by Crippen LogP contribution is -2.43. The zero-order valence-corrected chi connectivity index (χ0v) is 10.9. The van der Waals surface area contributed by atoms with Crippen LogP contribution in [-0.2, 0) is 9.53 Å². The van der Waals surface area contributed by atoms with Crippen LogP contribution in [0.1, 0.15) is 25.7 Å². The van der Waals surface area contributed by atoms with Gasteiger partial charge in [0.25, 0.3) is 0 Å². The van der Waals surface area contributed by atoms with E-state index in [0.29, 0.717) is 0 Å². The van der Waals surface area contributed by atoms with Crippen LogP contribution in [-0.4, -0.2) is 54.9 Å². The summed E-state index contributed by atoms with van der Waals surface area (Å²) in [5.74, 6) is 0.258. The summed E-state index contributed by atoms with van der Waals surface area (Å²) >= 11 is 0. The maximum absolute atomic E-state index is 10.9. The highest BCUT2D eigenvalue weighted by molar-refractivity contribution is 5.78. The van der Waals surface area contributed by atoms with Crippen molar-refractivity contribution in [1.29, 1.82) is 0 Å². The summed E-state index contributed by atoms with van der Waals surface area (Å²) in [4.78, 5) is 13.2. The second kappa shape index (κ2) is 6.50. The van der Waals surface area contributed by atoms with E-state index >= 15 is 0 Å². The van der Waals surface area contributed by atoms with E-state index in [4.69, 9.17) is 10.5 Å². The molecular formula is C13H24N2O3. The van der Waals surface area contributed by atoms with Crippen LogP contribution in [0.3, 0.4) is 0 Å². The molecule has 1 atom stereocenters. The van der Waals surface area contributed by atoms with Crippen LogP contribution in [0.15, 0.2) is 0 Å². The van der Waals surface area contributed by atoms with Crippen LogP contribution in [0.4, 0.5) is 0 Å². The van der Waals surface area contributed by atoms with E-state index in [1.165, 1.54) is 12.8 Å². The molecule has 0 aromatic rings. The molecule has 5 nitrogen and oxygen atoms in total. The van der Waals surface area contributed by atoms with Gasteiger partial charge in [-0.25, -0.2) is 0 Å². The van der Waals surface area contributed by atoms with E-state index in [9.17, 15) is 9.90 Å². The summed E-state index contributed by atoms with van der Waals surface area (Å²) in [6.07, 6.45) is 3.37. The molecular weight excluding hydrogens is 232 g/mol. The maximum Gasteiger partial charge on any atom is 0.246 e. The maximum atomic E-state index is 10.9. The van der Waals surface area contributed by atoms with E-state index < -0.39 is 12.0 Å². The lowest BCUT2D eigenvalue weighted by atomic mass is 9.91. The monoisotopic (exact) mass is 256 g/mol. The molecule has 0 spiro atoms. The highest BCUT2D eigenvalue weighted by Crippen LogP contribution is 2.28. The van der Waals surface area contributed by atoms with Crippen LogP contribution >= 0.6 is 0 Å². The van der Waals surface area contributed by atoms with Crippen LogP contribution in [0.25, 0.3) is 0 Å². The molecule has 18 heavy (non-hydrogen) atoms. The molecule has 0 aromatic heterocycles. The summed E-state index contributed by atoms with van der Waals surface area (Å²) in [5.41, 5.74) is 5.11. The first-order chi connectivity index (χ1) is 8.66. The topological polar surface area (TPSA) is 75.8 Å². The van der Waals surface area contributed by atoms with E-state index in [-0.39, 0.29) is 5.92 Å². The largest absolute Gasteiger partial charge is 0.383 e. The van der Waals surface area contributed by atoms with Crippen molar-refractivity contribution < 1.29 is 14.6 Å². The minimum absolute atomic E-state index is 0.0335. The summed E-state index contributed by atoms with van der Waals surface area (Å²) < 4.78 is 5.61. The second-order valence-electron chi connectivity index (χ2n) is 5.54. The third-order valence-corrected chi connectivity index (χ3v) is 3.97. The van der Waals surface area contributed by atoms with Gasteiger partial charge in [-0.3, -0.25) is 4.79 Å². The molecule has 5 heteroatoms. The average molecular weight is 256 g/mol. The first kappa shape index (κ1) is 13.8. The molecule has 1 aliphatic heterocycles. The van der Waals surface area contributed by atoms with Gasteiger partial charge in [0.05, 0.1) is 6.61 Å². The lowest BCUT2D eigenvalue weighted by Gasteiger charge is -2.33. The number of ether oxygens (including phenoxy) is 1. The van der Waals surface area contributed by atoms with Gasteiger partial charge in [0.1, 0.15) is 6.10 Å². The van der Waals surface area contributed by atoms with E-state index in [1.54, 1.807) is 0 Å². The molecule has 3 N–H and O–H groups in total. The number of aliphatic hydroxyl groups is 1. The second-order valence-corrected chi connectivity index (χ2v) is 5.54. The number of nitrogens with two attached hydrogens (primary N) is 1. The zero-order valence-electron chi connectivity index (χ0n) is 10.9. The Bertz CT molecular complexity index is 273. The summed E-state index contributed by atoms with van der Waals surface area (Å²) in [6.45, 7) is 4.49. The average Bonchev–Trinajstić information content (AvgIpc) is 3.18. The van der Waals surface area contributed by atoms with Crippen molar-refractivity contribution in [2.45, 2.75) is 31.8 Å². The highest BCUT2D eigenvalue weighted by atomic mass is 16.5. The Balaban J connectivity index is 1.56. The fourth-order valence-corrected chi connectivity index (χ4v) is 2.45. The van der Waals surface area contributed by atoms with Gasteiger partial charge in [-0.15, -0.1) is 0 Å². The number of piperidine rings is 1. The molecule has 0 aromatic carbocycles. The van der Waals surface area contributed by atoms with E-state index in [0.717, 1.165) is 51.6 Å². The Labute approximate surface area is 108 Å². The van der Waals surface area contributed by atoms with Crippen LogP contribution < -0.4 is 5.73 Å². The number of nitrogens with zero attached hydrogens (tertiary/aromatic N) is 1. The number of primary amides is 1. The van der Waals surface area contributed by atoms with Gasteiger partial charge in [0.15, 0.2) is 0 Å². The fraction of sp³-hybridized carbons (Fsp3) is 0.923. The van der Waals surface area contributed by atoms with Gasteiger partial charge in [0.2, 0.25) is 5.91 Å². The molecule has 1 saturated heterocycles. The molecule has 0 radical (unpaired) electrons. The molecule has 1 aliphatic carbocycles. The molecule has 1 saturated carbocycles. The summed E-state index contributed by atoms with van der Waals surface area (Å²) in [6, 6.07) is 0. The van der Waals surface area contributed by atoms with E-state index in [2.05, 4.69) is 4.90 Å². The summed E-state index contributed by atoms with van der Waals surface area (Å²) in [5, 5.41) is 9.60. The van der Waals surface area contributed by atoms with Gasteiger partial charge >= 0.3 is 0 Å². The molecule has 1 heterocycles. The Hall–Kier alpha value is -0.650. The Morgan fingerprint density at radius 2 is 2.00 bits per heavy atom. The third-order valence-electron chi connectivity index (χ3n) is 3.97. The predicted molar refractivity (Wildman–Crippen MR) is 67.9 cm³/mol. The number of carbonyl (C=O) groups excluding carboxylic acids is 1. The van der Waals surface area contributed by atoms with Crippen molar-refractivity contribution in [3.63, 3.8) is 0 Å². The van der Waals surface area contributed by atoms with Crippen molar-refractivity contribution in [2.75, 3.05) is 32.8 Å². The molecule has 104 valence electrons. The molecule has 1 amide bonds. The molecule has 2 rings (SSSR count). The first-order valence-electron chi connectivity index (χ1n) is 6.94. The highest BCUT2D eigenvalue weighted by Gasteiger charge is 2.28.